The summed E-state index contributed by atoms with van der Waals surface area (Å²) in [5, 5.41) is 10.2. The molecule has 2 saturated heterocycles. The number of hydrogen-bond acceptors (Lipinski definition) is 12. The fourth-order valence-electron chi connectivity index (χ4n) is 6.76. The first-order valence-corrected chi connectivity index (χ1v) is 18.4. The Balaban J connectivity index is 0.000000181. The topological polar surface area (TPSA) is 153 Å². The van der Waals surface area contributed by atoms with Crippen LogP contribution in [0.2, 0.25) is 0 Å². The lowest BCUT2D eigenvalue weighted by Gasteiger charge is -2.25. The van der Waals surface area contributed by atoms with Gasteiger partial charge in [0.2, 0.25) is 0 Å². The number of nitrogen functional groups attached to an aromatic ring is 1. The van der Waals surface area contributed by atoms with Gasteiger partial charge in [0.05, 0.1) is 36.7 Å². The summed E-state index contributed by atoms with van der Waals surface area (Å²) in [5.41, 5.74) is 17.0. The van der Waals surface area contributed by atoms with Crippen LogP contribution in [0, 0.1) is 16.0 Å². The quantitative estimate of drug-likeness (QED) is 0.168. The van der Waals surface area contributed by atoms with Gasteiger partial charge >= 0.3 is 0 Å². The van der Waals surface area contributed by atoms with Crippen molar-refractivity contribution < 1.29 is 14.3 Å². The van der Waals surface area contributed by atoms with Crippen LogP contribution >= 0.6 is 23.6 Å². The van der Waals surface area contributed by atoms with Crippen LogP contribution in [0.3, 0.4) is 0 Å². The number of benzene rings is 2. The van der Waals surface area contributed by atoms with Crippen molar-refractivity contribution in [2.45, 2.75) is 12.8 Å². The first-order valence-electron chi connectivity index (χ1n) is 17.2. The van der Waals surface area contributed by atoms with Crippen LogP contribution in [0.5, 0.6) is 11.5 Å². The van der Waals surface area contributed by atoms with E-state index in [4.69, 9.17) is 33.2 Å². The van der Waals surface area contributed by atoms with E-state index < -0.39 is 5.91 Å². The Hall–Kier alpha value is -5.52. The van der Waals surface area contributed by atoms with Crippen molar-refractivity contribution in [2.75, 3.05) is 91.9 Å². The number of anilines is 5. The highest BCUT2D eigenvalue weighted by Crippen LogP contribution is 2.39. The van der Waals surface area contributed by atoms with E-state index in [-0.39, 0.29) is 0 Å². The van der Waals surface area contributed by atoms with Gasteiger partial charge in [-0.15, -0.1) is 11.3 Å². The van der Waals surface area contributed by atoms with E-state index in [9.17, 15) is 10.1 Å². The Morgan fingerprint density at radius 1 is 0.846 bits per heavy atom. The number of carbonyl (C=O) groups excluding carboxylic acids is 1. The molecule has 7 rings (SSSR count). The molecule has 14 heteroatoms. The maximum atomic E-state index is 11.7. The van der Waals surface area contributed by atoms with E-state index in [1.165, 1.54) is 17.0 Å². The van der Waals surface area contributed by atoms with Crippen LogP contribution in [-0.2, 0) is 0 Å². The lowest BCUT2D eigenvalue weighted by atomic mass is 10.2. The van der Waals surface area contributed by atoms with Crippen molar-refractivity contribution in [3.05, 3.63) is 88.1 Å². The van der Waals surface area contributed by atoms with Gasteiger partial charge in [0.1, 0.15) is 37.5 Å². The molecular formula is C38H43N9O3S2. The summed E-state index contributed by atoms with van der Waals surface area (Å²) in [4.78, 5) is 29.4. The average molecular weight is 738 g/mol. The molecule has 52 heavy (non-hydrogen) atoms. The second-order valence-corrected chi connectivity index (χ2v) is 13.9. The van der Waals surface area contributed by atoms with Crippen molar-refractivity contribution >= 4 is 68.1 Å². The molecule has 270 valence electrons. The Morgan fingerprint density at radius 3 is 1.96 bits per heavy atom. The third-order valence-corrected chi connectivity index (χ3v) is 10.8. The number of nitriles is 1. The molecule has 5 aromatic rings. The molecule has 12 nitrogen and oxygen atoms in total. The van der Waals surface area contributed by atoms with Crippen molar-refractivity contribution in [3.8, 4) is 17.6 Å². The number of nitrogens with zero attached hydrogens (tertiary/aromatic N) is 6. The summed E-state index contributed by atoms with van der Waals surface area (Å²) in [7, 11) is 3.37. The zero-order valence-corrected chi connectivity index (χ0v) is 31.0. The number of nitrogens with two attached hydrogens (primary N) is 2. The first kappa shape index (κ1) is 36.3. The van der Waals surface area contributed by atoms with Crippen LogP contribution in [0.25, 0.3) is 10.2 Å². The predicted octanol–water partition coefficient (Wildman–Crippen LogP) is 6.04. The number of carbonyl (C=O) groups is 1. The number of H-pyrrole nitrogens is 1. The third kappa shape index (κ3) is 8.01. The third-order valence-electron chi connectivity index (χ3n) is 9.39. The second kappa shape index (κ2) is 16.7. The molecule has 0 atom stereocenters. The van der Waals surface area contributed by atoms with Gasteiger partial charge in [-0.05, 0) is 49.2 Å². The summed E-state index contributed by atoms with van der Waals surface area (Å²) in [6.45, 7) is 7.22. The van der Waals surface area contributed by atoms with E-state index in [2.05, 4.69) is 59.9 Å². The Labute approximate surface area is 312 Å². The maximum Gasteiger partial charge on any atom is 0.260 e. The number of pyridine rings is 2. The zero-order chi connectivity index (χ0) is 36.6. The predicted molar refractivity (Wildman–Crippen MR) is 213 cm³/mol. The van der Waals surface area contributed by atoms with Gasteiger partial charge < -0.3 is 45.5 Å². The van der Waals surface area contributed by atoms with Gasteiger partial charge in [0, 0.05) is 88.3 Å². The Bertz CT molecular complexity index is 2130. The zero-order valence-electron chi connectivity index (χ0n) is 29.4. The number of methoxy groups -OCH3 is 2. The van der Waals surface area contributed by atoms with Crippen LogP contribution in [-0.4, -0.2) is 82.5 Å². The molecule has 2 aliphatic heterocycles. The molecule has 5 N–H and O–H groups in total. The van der Waals surface area contributed by atoms with Crippen LogP contribution < -0.4 is 40.5 Å². The van der Waals surface area contributed by atoms with E-state index >= 15 is 0 Å². The van der Waals surface area contributed by atoms with E-state index in [1.54, 1.807) is 20.4 Å². The van der Waals surface area contributed by atoms with Crippen LogP contribution in [0.4, 0.5) is 28.4 Å². The second-order valence-electron chi connectivity index (χ2n) is 12.5. The van der Waals surface area contributed by atoms with Gasteiger partial charge in [-0.2, -0.15) is 5.26 Å². The number of thiophene rings is 1. The smallest absolute Gasteiger partial charge is 0.260 e. The average Bonchev–Trinajstić information content (AvgIpc) is 3.35. The fraction of sp³-hybridized carbons (Fsp3) is 0.316. The van der Waals surface area contributed by atoms with Gasteiger partial charge in [-0.1, -0.05) is 24.4 Å². The minimum absolute atomic E-state index is 0.378. The number of rotatable bonds is 7. The van der Waals surface area contributed by atoms with Gasteiger partial charge in [-0.3, -0.25) is 4.79 Å². The summed E-state index contributed by atoms with van der Waals surface area (Å²) >= 11 is 6.50. The largest absolute Gasteiger partial charge is 0.497 e. The summed E-state index contributed by atoms with van der Waals surface area (Å²) in [6.07, 6.45) is 5.60. The monoisotopic (exact) mass is 737 g/mol. The van der Waals surface area contributed by atoms with Gasteiger partial charge in [-0.25, -0.2) is 4.98 Å². The molecular weight excluding hydrogens is 695 g/mol. The van der Waals surface area contributed by atoms with Crippen LogP contribution in [0.15, 0.2) is 73.1 Å². The number of nitrogens with one attached hydrogen (secondary N) is 1. The molecule has 0 aliphatic carbocycles. The summed E-state index contributed by atoms with van der Waals surface area (Å²) < 4.78 is 11.2. The molecule has 0 saturated carbocycles. The number of primary amides is 1. The van der Waals surface area contributed by atoms with Gasteiger partial charge in [0.25, 0.3) is 5.91 Å². The van der Waals surface area contributed by atoms with E-state index in [1.807, 2.05) is 42.6 Å². The minimum atomic E-state index is -0.508. The number of amides is 1. The molecule has 0 radical (unpaired) electrons. The van der Waals surface area contributed by atoms with Crippen molar-refractivity contribution in [1.29, 1.82) is 5.26 Å². The normalized spacial score (nSPS) is 14.9. The Kier molecular flexibility index (Phi) is 11.6. The lowest BCUT2D eigenvalue weighted by molar-refractivity contribution is 0.100. The minimum Gasteiger partial charge on any atom is -0.497 e. The lowest BCUT2D eigenvalue weighted by Crippen LogP contribution is -2.31. The molecule has 3 aromatic heterocycles. The number of ether oxygens (including phenoxy) is 2. The summed E-state index contributed by atoms with van der Waals surface area (Å²) in [6, 6.07) is 22.4. The number of aromatic nitrogens is 2. The standard InChI is InChI=1S/C20H23N5O2S.C18H20N4OS/c1-27-14-5-2-4-13(12-14)24-8-3-9-25(11-10-24)15-6-7-23-20-16(15)17(21)18(28-20)19(22)26;1-23-15-5-2-4-14(12-15)21-8-3-9-22(11-10-21)17-6-7-20-18(24)16(17)13-19/h2,4-7,12H,3,8-11,21H2,1H3,(H2,22,26);2,4-7,12H,3,8-11H2,1H3,(H,20,24). The Morgan fingerprint density at radius 2 is 1.40 bits per heavy atom. The fourth-order valence-corrected chi connectivity index (χ4v) is 7.92. The SMILES string of the molecule is COc1cccc(N2CCCN(c3cc[nH]c(=S)c3C#N)CC2)c1.COc1cccc(N2CCCN(c3ccnc4sc(C(N)=O)c(N)c34)CC2)c1. The number of fused-ring (bicyclic) bond motifs is 1. The van der Waals surface area contributed by atoms with Crippen molar-refractivity contribution in [1.82, 2.24) is 9.97 Å². The molecule has 5 heterocycles. The van der Waals surface area contributed by atoms with Crippen molar-refractivity contribution in [2.24, 2.45) is 5.73 Å². The molecule has 1 amide bonds. The molecule has 0 unspecified atom stereocenters. The number of hydrogen-bond donors (Lipinski definition) is 3. The highest BCUT2D eigenvalue weighted by Gasteiger charge is 2.23. The maximum absolute atomic E-state index is 11.7. The molecule has 2 aliphatic rings. The van der Waals surface area contributed by atoms with Crippen molar-refractivity contribution in [3.63, 3.8) is 0 Å². The highest BCUT2D eigenvalue weighted by molar-refractivity contribution is 7.71. The van der Waals surface area contributed by atoms with E-state index in [0.29, 0.717) is 20.8 Å². The molecule has 0 bridgehead atoms. The molecule has 2 aromatic carbocycles. The van der Waals surface area contributed by atoms with E-state index in [0.717, 1.165) is 104 Å². The molecule has 2 fully saturated rings. The first-order chi connectivity index (χ1) is 25.3. The highest BCUT2D eigenvalue weighted by atomic mass is 32.1. The molecule has 0 spiro atoms. The number of aromatic amines is 1. The summed E-state index contributed by atoms with van der Waals surface area (Å²) in [5.74, 6) is 1.22. The van der Waals surface area contributed by atoms with Gasteiger partial charge in [0.15, 0.2) is 0 Å². The van der Waals surface area contributed by atoms with Crippen LogP contribution in [0.1, 0.15) is 28.1 Å².